The van der Waals surface area contributed by atoms with Crippen LogP contribution in [0, 0.1) is 0 Å². The number of amides is 1. The number of anilines is 3. The second-order valence-electron chi connectivity index (χ2n) is 11.3. The summed E-state index contributed by atoms with van der Waals surface area (Å²) in [6.45, 7) is 5.61. The Kier molecular flexibility index (Phi) is 8.46. The van der Waals surface area contributed by atoms with Gasteiger partial charge in [-0.2, -0.15) is 4.98 Å². The van der Waals surface area contributed by atoms with Crippen molar-refractivity contribution in [2.24, 2.45) is 0 Å². The predicted molar refractivity (Wildman–Crippen MR) is 174 cm³/mol. The maximum atomic E-state index is 13.3. The molecule has 0 radical (unpaired) electrons. The zero-order valence-electron chi connectivity index (χ0n) is 25.5. The average molecular weight is 615 g/mol. The number of hydrogen-bond donors (Lipinski definition) is 1. The van der Waals surface area contributed by atoms with Crippen molar-refractivity contribution in [1.82, 2.24) is 29.8 Å². The van der Waals surface area contributed by atoms with Crippen LogP contribution in [0.3, 0.4) is 0 Å². The highest BCUT2D eigenvalue weighted by molar-refractivity contribution is 5.94. The van der Waals surface area contributed by atoms with Gasteiger partial charge in [0.15, 0.2) is 5.82 Å². The van der Waals surface area contributed by atoms with Crippen LogP contribution in [0.1, 0.15) is 34.1 Å². The lowest BCUT2D eigenvalue weighted by Gasteiger charge is -2.37. The van der Waals surface area contributed by atoms with Gasteiger partial charge in [-0.1, -0.05) is 30.3 Å². The molecule has 1 amide bonds. The standard InChI is InChI=1S/C35H34N8O3/c1-24-22-45-19-18-43(24)33-29-14-17-42(34(44)27-8-5-15-36-20-27)21-30(29)39-32(41-33)26-9-11-28(12-10-26)38-35-37-16-13-31(40-35)46-23-25-6-3-2-4-7-25/h2-13,15-16,20,24H,14,17-19,21-23H2,1H3,(H,37,38,40). The molecule has 1 saturated heterocycles. The fourth-order valence-corrected chi connectivity index (χ4v) is 5.71. The van der Waals surface area contributed by atoms with Crippen LogP contribution in [0.4, 0.5) is 17.5 Å². The molecule has 11 heteroatoms. The van der Waals surface area contributed by atoms with Gasteiger partial charge in [-0.05, 0) is 55.3 Å². The molecule has 0 aliphatic carbocycles. The van der Waals surface area contributed by atoms with E-state index in [1.807, 2.05) is 59.5 Å². The zero-order valence-corrected chi connectivity index (χ0v) is 25.5. The number of rotatable bonds is 8. The lowest BCUT2D eigenvalue weighted by molar-refractivity contribution is 0.0731. The number of nitrogens with zero attached hydrogens (tertiary/aromatic N) is 7. The third-order valence-corrected chi connectivity index (χ3v) is 8.14. The fraction of sp³-hybridized carbons (Fsp3) is 0.257. The van der Waals surface area contributed by atoms with Crippen LogP contribution in [0.2, 0.25) is 0 Å². The summed E-state index contributed by atoms with van der Waals surface area (Å²) in [6.07, 6.45) is 5.63. The normalized spacial score (nSPS) is 16.1. The molecule has 0 spiro atoms. The largest absolute Gasteiger partial charge is 0.473 e. The molecule has 1 unspecified atom stereocenters. The summed E-state index contributed by atoms with van der Waals surface area (Å²) in [5.74, 6) is 2.41. The number of fused-ring (bicyclic) bond motifs is 1. The number of morpholine rings is 1. The van der Waals surface area contributed by atoms with Crippen molar-refractivity contribution < 1.29 is 14.3 Å². The van der Waals surface area contributed by atoms with Crippen LogP contribution in [0.5, 0.6) is 5.88 Å². The van der Waals surface area contributed by atoms with Crippen LogP contribution in [-0.2, 0) is 24.3 Å². The van der Waals surface area contributed by atoms with Crippen molar-refractivity contribution in [2.75, 3.05) is 36.5 Å². The van der Waals surface area contributed by atoms with Crippen molar-refractivity contribution >= 4 is 23.4 Å². The van der Waals surface area contributed by atoms with Gasteiger partial charge in [0.25, 0.3) is 5.91 Å². The van der Waals surface area contributed by atoms with E-state index in [0.717, 1.165) is 40.4 Å². The second-order valence-corrected chi connectivity index (χ2v) is 11.3. The third kappa shape index (κ3) is 6.50. The molecule has 46 heavy (non-hydrogen) atoms. The van der Waals surface area contributed by atoms with Crippen LogP contribution in [0.15, 0.2) is 91.4 Å². The highest BCUT2D eigenvalue weighted by Gasteiger charge is 2.30. The van der Waals surface area contributed by atoms with Gasteiger partial charge in [-0.15, -0.1) is 0 Å². The molecule has 232 valence electrons. The first kappa shape index (κ1) is 29.3. The summed E-state index contributed by atoms with van der Waals surface area (Å²) in [7, 11) is 0. The van der Waals surface area contributed by atoms with E-state index in [1.54, 1.807) is 36.8 Å². The first-order valence-corrected chi connectivity index (χ1v) is 15.4. The summed E-state index contributed by atoms with van der Waals surface area (Å²) in [5.41, 5.74) is 5.28. The Labute approximate surface area is 267 Å². The van der Waals surface area contributed by atoms with Gasteiger partial charge in [-0.25, -0.2) is 15.0 Å². The van der Waals surface area contributed by atoms with E-state index in [0.29, 0.717) is 62.5 Å². The average Bonchev–Trinajstić information content (AvgIpc) is 3.11. The maximum Gasteiger partial charge on any atom is 0.255 e. The van der Waals surface area contributed by atoms with Crippen molar-refractivity contribution in [2.45, 2.75) is 32.5 Å². The number of ether oxygens (including phenoxy) is 2. The van der Waals surface area contributed by atoms with E-state index >= 15 is 0 Å². The quantitative estimate of drug-likeness (QED) is 0.254. The first-order valence-electron chi connectivity index (χ1n) is 15.4. The van der Waals surface area contributed by atoms with Crippen LogP contribution >= 0.6 is 0 Å². The minimum absolute atomic E-state index is 0.0487. The summed E-state index contributed by atoms with van der Waals surface area (Å²) in [4.78, 5) is 40.6. The lowest BCUT2D eigenvalue weighted by Crippen LogP contribution is -2.45. The van der Waals surface area contributed by atoms with E-state index in [-0.39, 0.29) is 11.9 Å². The number of hydrogen-bond acceptors (Lipinski definition) is 10. The van der Waals surface area contributed by atoms with Crippen molar-refractivity contribution in [1.29, 1.82) is 0 Å². The Balaban J connectivity index is 1.12. The number of carbonyl (C=O) groups excluding carboxylic acids is 1. The molecule has 5 aromatic rings. The van der Waals surface area contributed by atoms with E-state index < -0.39 is 0 Å². The van der Waals surface area contributed by atoms with Crippen molar-refractivity contribution in [3.63, 3.8) is 0 Å². The second kappa shape index (κ2) is 13.3. The van der Waals surface area contributed by atoms with Gasteiger partial charge in [0.2, 0.25) is 11.8 Å². The molecular formula is C35H34N8O3. The monoisotopic (exact) mass is 614 g/mol. The van der Waals surface area contributed by atoms with Crippen LogP contribution < -0.4 is 15.0 Å². The Bertz CT molecular complexity index is 1800. The smallest absolute Gasteiger partial charge is 0.255 e. The number of benzene rings is 2. The molecule has 2 aliphatic rings. The number of carbonyl (C=O) groups is 1. The molecule has 5 heterocycles. The van der Waals surface area contributed by atoms with Crippen molar-refractivity contribution in [3.8, 4) is 17.3 Å². The minimum Gasteiger partial charge on any atom is -0.473 e. The molecule has 1 N–H and O–H groups in total. The Morgan fingerprint density at radius 3 is 2.65 bits per heavy atom. The molecular weight excluding hydrogens is 580 g/mol. The molecule has 1 fully saturated rings. The Morgan fingerprint density at radius 2 is 1.85 bits per heavy atom. The number of nitrogens with one attached hydrogen (secondary N) is 1. The highest BCUT2D eigenvalue weighted by Crippen LogP contribution is 2.32. The summed E-state index contributed by atoms with van der Waals surface area (Å²) < 4.78 is 11.6. The van der Waals surface area contributed by atoms with E-state index in [2.05, 4.69) is 32.1 Å². The van der Waals surface area contributed by atoms with Crippen molar-refractivity contribution in [3.05, 3.63) is 114 Å². The third-order valence-electron chi connectivity index (χ3n) is 8.14. The Morgan fingerprint density at radius 1 is 0.978 bits per heavy atom. The summed E-state index contributed by atoms with van der Waals surface area (Å²) in [5, 5.41) is 3.26. The van der Waals surface area contributed by atoms with Gasteiger partial charge >= 0.3 is 0 Å². The van der Waals surface area contributed by atoms with Crippen LogP contribution in [-0.4, -0.2) is 68.1 Å². The fourth-order valence-electron chi connectivity index (χ4n) is 5.71. The van der Waals surface area contributed by atoms with Crippen LogP contribution in [0.25, 0.3) is 11.4 Å². The lowest BCUT2D eigenvalue weighted by atomic mass is 10.0. The molecule has 3 aromatic heterocycles. The Hall–Kier alpha value is -5.42. The van der Waals surface area contributed by atoms with Gasteiger partial charge in [0.1, 0.15) is 12.4 Å². The van der Waals surface area contributed by atoms with E-state index in [1.165, 1.54) is 0 Å². The molecule has 0 bridgehead atoms. The molecule has 0 saturated carbocycles. The minimum atomic E-state index is -0.0487. The number of pyridine rings is 1. The van der Waals surface area contributed by atoms with Gasteiger partial charge in [0.05, 0.1) is 37.1 Å². The molecule has 11 nitrogen and oxygen atoms in total. The SMILES string of the molecule is CC1COCCN1c1nc(-c2ccc(Nc3nccc(OCc4ccccc4)n3)cc2)nc2c1CCN(C(=O)c1cccnc1)C2. The predicted octanol–water partition coefficient (Wildman–Crippen LogP) is 5.07. The highest BCUT2D eigenvalue weighted by atomic mass is 16.5. The van der Waals surface area contributed by atoms with Gasteiger partial charge < -0.3 is 24.6 Å². The molecule has 7 rings (SSSR count). The molecule has 1 atom stereocenters. The zero-order chi connectivity index (χ0) is 31.3. The van der Waals surface area contributed by atoms with E-state index in [4.69, 9.17) is 19.4 Å². The maximum absolute atomic E-state index is 13.3. The molecule has 2 aliphatic heterocycles. The van der Waals surface area contributed by atoms with Gasteiger partial charge in [-0.3, -0.25) is 9.78 Å². The first-order chi connectivity index (χ1) is 22.6. The van der Waals surface area contributed by atoms with E-state index in [9.17, 15) is 4.79 Å². The van der Waals surface area contributed by atoms with Gasteiger partial charge in [0, 0.05) is 54.6 Å². The summed E-state index contributed by atoms with van der Waals surface area (Å²) in [6, 6.07) is 23.3. The summed E-state index contributed by atoms with van der Waals surface area (Å²) >= 11 is 0. The topological polar surface area (TPSA) is 118 Å². The number of aromatic nitrogens is 5. The molecule has 2 aromatic carbocycles.